The number of carbonyl (C=O) groups excluding carboxylic acids is 5. The van der Waals surface area contributed by atoms with E-state index in [4.69, 9.17) is 30.2 Å². The Labute approximate surface area is 255 Å². The minimum atomic E-state index is -0.986. The third-order valence-corrected chi connectivity index (χ3v) is 5.32. The van der Waals surface area contributed by atoms with Crippen LogP contribution in [-0.2, 0) is 28.6 Å². The van der Waals surface area contributed by atoms with Gasteiger partial charge in [-0.1, -0.05) is 11.2 Å². The molecule has 0 saturated carbocycles. The molecule has 0 fully saturated rings. The van der Waals surface area contributed by atoms with E-state index >= 15 is 0 Å². The molecule has 2 unspecified atom stereocenters. The number of azide groups is 1. The molecule has 1 rings (SSSR count). The lowest BCUT2D eigenvalue weighted by Crippen LogP contribution is -2.49. The molecule has 2 atom stereocenters. The molecule has 0 saturated heterocycles. The molecular weight excluding hydrogens is 580 g/mol. The molecule has 0 radical (unpaired) electrons. The molecule has 0 heterocycles. The lowest BCUT2D eigenvalue weighted by Gasteiger charge is -2.23. The number of alkyl carbamates (subject to hydrolysis) is 1. The van der Waals surface area contributed by atoms with Gasteiger partial charge in [-0.2, -0.15) is 0 Å². The van der Waals surface area contributed by atoms with E-state index in [9.17, 15) is 24.0 Å². The van der Waals surface area contributed by atoms with Crippen molar-refractivity contribution in [3.8, 4) is 5.75 Å². The summed E-state index contributed by atoms with van der Waals surface area (Å²) in [6, 6.07) is 5.39. The topological polar surface area (TPSA) is 245 Å². The second-order valence-corrected chi connectivity index (χ2v) is 10.2. The predicted octanol–water partition coefficient (Wildman–Crippen LogP) is 0.876. The Morgan fingerprint density at radius 1 is 1.09 bits per heavy atom. The first-order valence-corrected chi connectivity index (χ1v) is 13.9. The highest BCUT2D eigenvalue weighted by molar-refractivity contribution is 5.94. The van der Waals surface area contributed by atoms with Crippen LogP contribution in [0.5, 0.6) is 5.75 Å². The van der Waals surface area contributed by atoms with E-state index in [0.29, 0.717) is 38.0 Å². The molecule has 0 aliphatic rings. The van der Waals surface area contributed by atoms with Gasteiger partial charge in [-0.25, -0.2) is 4.79 Å². The molecule has 0 aromatic heterocycles. The second-order valence-electron chi connectivity index (χ2n) is 10.2. The monoisotopic (exact) mass is 622 g/mol. The number of carbonyl (C=O) groups is 5. The van der Waals surface area contributed by atoms with Gasteiger partial charge in [0.25, 0.3) is 5.91 Å². The van der Waals surface area contributed by atoms with Crippen LogP contribution in [0.4, 0.5) is 4.79 Å². The highest BCUT2D eigenvalue weighted by Crippen LogP contribution is 2.14. The van der Waals surface area contributed by atoms with Crippen LogP contribution in [0.2, 0.25) is 0 Å². The molecular formula is C27H42N8O9. The lowest BCUT2D eigenvalue weighted by atomic mass is 10.1. The maximum Gasteiger partial charge on any atom is 0.408 e. The van der Waals surface area contributed by atoms with Gasteiger partial charge in [-0.3, -0.25) is 19.2 Å². The molecule has 17 nitrogen and oxygen atoms in total. The zero-order valence-electron chi connectivity index (χ0n) is 25.2. The van der Waals surface area contributed by atoms with Crippen molar-refractivity contribution in [2.24, 2.45) is 10.8 Å². The van der Waals surface area contributed by atoms with Crippen molar-refractivity contribution in [1.29, 1.82) is 0 Å². The molecule has 0 bridgehead atoms. The van der Waals surface area contributed by atoms with Crippen LogP contribution in [0.15, 0.2) is 29.4 Å². The van der Waals surface area contributed by atoms with Gasteiger partial charge < -0.3 is 45.9 Å². The fourth-order valence-electron chi connectivity index (χ4n) is 3.42. The summed E-state index contributed by atoms with van der Waals surface area (Å²) in [5, 5.41) is 14.0. The minimum absolute atomic E-state index is 0.0238. The van der Waals surface area contributed by atoms with Crippen molar-refractivity contribution in [1.82, 2.24) is 21.3 Å². The summed E-state index contributed by atoms with van der Waals surface area (Å²) in [4.78, 5) is 61.5. The number of hydrogen-bond donors (Lipinski definition) is 5. The van der Waals surface area contributed by atoms with Crippen molar-refractivity contribution in [3.63, 3.8) is 0 Å². The maximum atomic E-state index is 12.8. The Hall–Kier alpha value is -4.60. The average molecular weight is 623 g/mol. The third-order valence-electron chi connectivity index (χ3n) is 5.32. The molecule has 0 spiro atoms. The number of nitrogens with two attached hydrogens (primary N) is 1. The van der Waals surface area contributed by atoms with Crippen molar-refractivity contribution in [2.75, 3.05) is 46.1 Å². The molecule has 1 aromatic carbocycles. The first-order valence-electron chi connectivity index (χ1n) is 13.9. The van der Waals surface area contributed by atoms with Gasteiger partial charge in [0, 0.05) is 30.1 Å². The molecule has 244 valence electrons. The van der Waals surface area contributed by atoms with Crippen LogP contribution >= 0.6 is 0 Å². The number of rotatable bonds is 22. The maximum absolute atomic E-state index is 12.8. The quantitative estimate of drug-likeness (QED) is 0.0404. The largest absolute Gasteiger partial charge is 0.491 e. The van der Waals surface area contributed by atoms with Crippen molar-refractivity contribution in [3.05, 3.63) is 40.3 Å². The zero-order valence-corrected chi connectivity index (χ0v) is 25.2. The first-order chi connectivity index (χ1) is 20.9. The van der Waals surface area contributed by atoms with E-state index in [1.807, 2.05) is 0 Å². The number of primary amides is 1. The van der Waals surface area contributed by atoms with E-state index in [2.05, 4.69) is 31.3 Å². The third kappa shape index (κ3) is 18.0. The summed E-state index contributed by atoms with van der Waals surface area (Å²) in [6.45, 7) is 5.43. The van der Waals surface area contributed by atoms with Gasteiger partial charge in [-0.05, 0) is 63.8 Å². The second kappa shape index (κ2) is 21.1. The Morgan fingerprint density at radius 3 is 2.52 bits per heavy atom. The van der Waals surface area contributed by atoms with Crippen LogP contribution < -0.4 is 31.7 Å². The summed E-state index contributed by atoms with van der Waals surface area (Å²) in [5.41, 5.74) is 13.3. The number of ether oxygens (including phenoxy) is 4. The fraction of sp³-hybridized carbons (Fsp3) is 0.593. The first kappa shape index (κ1) is 37.4. The standard InChI is InChI=1S/C27H42N8O9/c1-27(2,3)44-26(40)33-21(9-4-5-10-30-18-36)25(39)32-12-11-31-24(38)19-7-6-8-20(15-19)43-17-23(34-35-29)42-14-13-41-16-22(28)37/h6-8,15,18,21,23H,4-5,9-14,16-17H2,1-3H3,(H2,28,37)(H,30,36)(H,31,38)(H,32,39)(H,33,40). The number of nitrogens with zero attached hydrogens (tertiary/aromatic N) is 3. The molecule has 17 heteroatoms. The Kier molecular flexibility index (Phi) is 18.0. The van der Waals surface area contributed by atoms with E-state index in [1.165, 1.54) is 6.07 Å². The molecule has 5 amide bonds. The van der Waals surface area contributed by atoms with Crippen molar-refractivity contribution in [2.45, 2.75) is 57.9 Å². The predicted molar refractivity (Wildman–Crippen MR) is 157 cm³/mol. The van der Waals surface area contributed by atoms with E-state index in [0.717, 1.165) is 0 Å². The zero-order chi connectivity index (χ0) is 32.8. The normalized spacial score (nSPS) is 12.1. The van der Waals surface area contributed by atoms with Crippen molar-refractivity contribution < 1.29 is 42.9 Å². The molecule has 0 aliphatic carbocycles. The Balaban J connectivity index is 2.57. The molecule has 6 N–H and O–H groups in total. The number of nitrogens with one attached hydrogen (secondary N) is 4. The van der Waals surface area contributed by atoms with Gasteiger partial charge in [0.15, 0.2) is 6.23 Å². The SMILES string of the molecule is CC(C)(C)OC(=O)NC(CCCCNC=O)C(=O)NCCNC(=O)c1cccc(OCC(N=[N+]=[N-])OCCOCC(N)=O)c1. The van der Waals surface area contributed by atoms with Gasteiger partial charge >= 0.3 is 6.09 Å². The molecule has 1 aromatic rings. The van der Waals surface area contributed by atoms with Crippen LogP contribution in [0.25, 0.3) is 10.4 Å². The van der Waals surface area contributed by atoms with E-state index < -0.39 is 41.7 Å². The van der Waals surface area contributed by atoms with Crippen LogP contribution in [0.3, 0.4) is 0 Å². The van der Waals surface area contributed by atoms with Gasteiger partial charge in [0.2, 0.25) is 18.2 Å². The lowest BCUT2D eigenvalue weighted by molar-refractivity contribution is -0.124. The number of benzene rings is 1. The van der Waals surface area contributed by atoms with Gasteiger partial charge in [0.1, 0.15) is 30.6 Å². The average Bonchev–Trinajstić information content (AvgIpc) is 2.96. The van der Waals surface area contributed by atoms with Crippen LogP contribution in [-0.4, -0.2) is 94.2 Å². The fourth-order valence-corrected chi connectivity index (χ4v) is 3.42. The minimum Gasteiger partial charge on any atom is -0.491 e. The smallest absolute Gasteiger partial charge is 0.408 e. The Bertz CT molecular complexity index is 1120. The summed E-state index contributed by atoms with van der Waals surface area (Å²) >= 11 is 0. The summed E-state index contributed by atoms with van der Waals surface area (Å²) < 4.78 is 21.2. The summed E-state index contributed by atoms with van der Waals surface area (Å²) in [6.07, 6.45) is 0.368. The van der Waals surface area contributed by atoms with Crippen LogP contribution in [0.1, 0.15) is 50.4 Å². The number of hydrogen-bond acceptors (Lipinski definition) is 10. The van der Waals surface area contributed by atoms with E-state index in [-0.39, 0.29) is 45.1 Å². The van der Waals surface area contributed by atoms with Crippen LogP contribution in [0, 0.1) is 0 Å². The molecule has 0 aliphatic heterocycles. The summed E-state index contributed by atoms with van der Waals surface area (Å²) in [5.74, 6) is -1.18. The summed E-state index contributed by atoms with van der Waals surface area (Å²) in [7, 11) is 0. The van der Waals surface area contributed by atoms with Gasteiger partial charge in [0.05, 0.1) is 13.2 Å². The highest BCUT2D eigenvalue weighted by Gasteiger charge is 2.24. The number of amides is 5. The highest BCUT2D eigenvalue weighted by atomic mass is 16.6. The number of unbranched alkanes of at least 4 members (excludes halogenated alkanes) is 1. The van der Waals surface area contributed by atoms with E-state index in [1.54, 1.807) is 39.0 Å². The Morgan fingerprint density at radius 2 is 1.84 bits per heavy atom. The van der Waals surface area contributed by atoms with Gasteiger partial charge in [-0.15, -0.1) is 0 Å². The molecule has 44 heavy (non-hydrogen) atoms. The van der Waals surface area contributed by atoms with Crippen molar-refractivity contribution >= 4 is 30.2 Å².